The van der Waals surface area contributed by atoms with Crippen LogP contribution < -0.4 is 102 Å². The minimum Gasteiger partial charge on any atom is -0.395 e. The maximum Gasteiger partial charge on any atom is 0.187 e. The number of hydrogen-bond acceptors (Lipinski definition) is 53. The predicted octanol–water partition coefficient (Wildman–Crippen LogP) is -19.8. The van der Waals surface area contributed by atoms with E-state index in [9.17, 15) is 76.6 Å². The highest BCUT2D eigenvalue weighted by Crippen LogP contribution is 2.41. The molecule has 3 unspecified atom stereocenters. The molecule has 10 saturated heterocycles. The van der Waals surface area contributed by atoms with E-state index in [0.29, 0.717) is 58.4 Å². The molecule has 10 heterocycles. The second-order valence-corrected chi connectivity index (χ2v) is 36.3. The Balaban J connectivity index is 0.000000189. The van der Waals surface area contributed by atoms with Crippen LogP contribution in [0.15, 0.2) is 0 Å². The van der Waals surface area contributed by atoms with Crippen LogP contribution in [0.4, 0.5) is 0 Å². The molecule has 3 aliphatic carbocycles. The number of aliphatic hydroxyl groups excluding tert-OH is 16. The summed E-state index contributed by atoms with van der Waals surface area (Å²) in [6.45, 7) is 3.91. The van der Waals surface area contributed by atoms with Crippen LogP contribution >= 0.6 is 0 Å². The number of nitrogens with one attached hydrogen (secondary N) is 3. The quantitative estimate of drug-likeness (QED) is 0.0306. The summed E-state index contributed by atoms with van der Waals surface area (Å²) in [5.74, 6) is 0. The molecule has 13 fully saturated rings. The van der Waals surface area contributed by atoms with E-state index in [-0.39, 0.29) is 81.9 Å². The van der Waals surface area contributed by atoms with E-state index in [1.165, 1.54) is 0 Å². The summed E-state index contributed by atoms with van der Waals surface area (Å²) < 4.78 is 113. The molecule has 0 spiro atoms. The van der Waals surface area contributed by atoms with Crippen LogP contribution in [0.5, 0.6) is 0 Å². The number of ether oxygens (including phenoxy) is 19. The van der Waals surface area contributed by atoms with E-state index in [2.05, 4.69) is 16.0 Å². The molecular formula is C77H152N18O35. The molecule has 3 saturated carbocycles. The van der Waals surface area contributed by atoms with E-state index in [1.54, 1.807) is 0 Å². The zero-order chi connectivity index (χ0) is 94.9. The molecule has 53 heteroatoms. The molecule has 13 rings (SSSR count). The number of likely N-dealkylation sites (N-methyl/N-ethyl adjacent to an activating group) is 1. The summed E-state index contributed by atoms with van der Waals surface area (Å²) in [6, 6.07) is -9.58. The number of hydrogen-bond donors (Lipinski definition) is 34. The van der Waals surface area contributed by atoms with Crippen molar-refractivity contribution >= 4 is 0 Å². The number of nitrogens with two attached hydrogens (primary N) is 15. The third-order valence-corrected chi connectivity index (χ3v) is 27.0. The van der Waals surface area contributed by atoms with Gasteiger partial charge in [0.05, 0.1) is 119 Å². The highest BCUT2D eigenvalue weighted by Gasteiger charge is 2.60. The molecule has 49 N–H and O–H groups in total. The van der Waals surface area contributed by atoms with E-state index < -0.39 is 314 Å². The molecule has 760 valence electrons. The van der Waals surface area contributed by atoms with Gasteiger partial charge in [-0.25, -0.2) is 0 Å². The standard InChI is InChI=1S/C26H50N6O12.C26H52N6O12.C25H50N6O11/c27-6-14-18(35)19(36)16(31)25(40-14)43-22-15(7-33)41-26(20(22)37)44-23-17(34)10(29)5-11(30)21(23)42-24-9(28)1-2-13(39-24)12-8-38-4-3-32-12;1-9(32-4-5-33)13-3-2-10(28)24(39-13)42-21-12(30)6-11(29)17(35)23(21)44-26-20(38)22(15(8-34)41-26)43-25-16(31)19(37)18(36)14(7-27)40-25;1-8(31-2)12-4-3-9(27)23(37-12)40-20-11(29)5-10(28)16(33)22(20)42-25-19(36)21(14(7-32)39-25)41-24-15(30)18(35)17(34)13(6-26)38-24/h9-26,32-37H,1-8,27-31H2;9-26,32-38H,2-8,27-31H2,1H3;8-25,31-36H,3-7,26-30H2,1-2H3/t9-,10-,11+,12+,13+,14+,15-,16-,17+,18-,19-,20-,21-,22-,23-,24-,25?,26+;9-,10+,11+,12-,13-,14-,15+,16+,17-,18+,19+,20+,21+,22+,23+,24+,25?,26-;8-,9+,10+,11-,12-,13-,14+,15+,16-,17+,18+,19+,20+,21+,22+,23+,24?,25-/m100/s1. The van der Waals surface area contributed by atoms with Gasteiger partial charge in [-0.1, -0.05) is 0 Å². The molecule has 0 aromatic heterocycles. The van der Waals surface area contributed by atoms with E-state index in [0.717, 1.165) is 6.42 Å². The van der Waals surface area contributed by atoms with Crippen molar-refractivity contribution in [2.45, 2.75) is 402 Å². The topological polar surface area (TPSA) is 925 Å². The van der Waals surface area contributed by atoms with Crippen molar-refractivity contribution in [1.29, 1.82) is 0 Å². The minimum atomic E-state index is -1.54. The second kappa shape index (κ2) is 49.3. The Bertz CT molecular complexity index is 3290. The molecule has 0 bridgehead atoms. The van der Waals surface area contributed by atoms with Crippen LogP contribution in [0.3, 0.4) is 0 Å². The first kappa shape index (κ1) is 108. The lowest BCUT2D eigenvalue weighted by Crippen LogP contribution is -2.66. The monoisotopic (exact) mass is 1890 g/mol. The Morgan fingerprint density at radius 2 is 0.631 bits per heavy atom. The molecule has 54 atom stereocenters. The Kier molecular flexibility index (Phi) is 41.1. The van der Waals surface area contributed by atoms with Gasteiger partial charge in [0.1, 0.15) is 146 Å². The summed E-state index contributed by atoms with van der Waals surface area (Å²) in [5.41, 5.74) is 91.8. The maximum absolute atomic E-state index is 11.2. The van der Waals surface area contributed by atoms with Crippen molar-refractivity contribution in [3.63, 3.8) is 0 Å². The van der Waals surface area contributed by atoms with Gasteiger partial charge in [-0.3, -0.25) is 0 Å². The van der Waals surface area contributed by atoms with Gasteiger partial charge in [0, 0.05) is 81.1 Å². The summed E-state index contributed by atoms with van der Waals surface area (Å²) in [6.07, 6.45) is -40.2. The van der Waals surface area contributed by atoms with Crippen molar-refractivity contribution in [3.8, 4) is 0 Å². The maximum atomic E-state index is 11.2. The summed E-state index contributed by atoms with van der Waals surface area (Å²) >= 11 is 0. The Morgan fingerprint density at radius 1 is 0.323 bits per heavy atom. The highest BCUT2D eigenvalue weighted by atomic mass is 16.8. The largest absolute Gasteiger partial charge is 0.395 e. The third kappa shape index (κ3) is 25.2. The van der Waals surface area contributed by atoms with E-state index in [4.69, 9.17) is 181 Å². The van der Waals surface area contributed by atoms with Crippen molar-refractivity contribution in [1.82, 2.24) is 16.0 Å². The van der Waals surface area contributed by atoms with Crippen LogP contribution in [-0.4, -0.2) is 491 Å². The summed E-state index contributed by atoms with van der Waals surface area (Å²) in [5, 5.41) is 177. The van der Waals surface area contributed by atoms with Gasteiger partial charge in [0.15, 0.2) is 56.6 Å². The lowest BCUT2D eigenvalue weighted by atomic mass is 9.84. The van der Waals surface area contributed by atoms with Gasteiger partial charge in [0.2, 0.25) is 0 Å². The third-order valence-electron chi connectivity index (χ3n) is 27.0. The SMILES string of the molecule is CN[C@@H](C)[C@@H]1CC[C@@H](N)[C@@H](O[C@H]2[C@H](O[C@@H]3O[C@H](CO)[C@@H](OC4O[C@@H](CN)[C@@H](O)[C@H](O)[C@H]4N)[C@H]3O)[C@@H](O)[C@H](N)C[C@@H]2N)O1.C[C@H](NCCO)[C@@H]1CC[C@@H](N)[C@@H](O[C@H]2[C@H](O[C@@H]3O[C@H](CO)[C@@H](OC4O[C@@H](CN)[C@@H](O)[C@H](O)[C@H]4N)[C@H]3O)[C@@H](O)[C@H](N)C[C@@H]2N)O1.NC[C@@H]1OC(O[C@H]2[C@@H](O)[C@H](O[C@@H]3[C@@H](O)[C@H](N)C[C@H](N)[C@H]3O[C@H]3O[C@H]([C@@H]4COCCN4)CC[C@H]3N)O[C@@H]2CO)[C@H](N)[C@@H](O)[C@@H]1O. The molecule has 13 aliphatic rings. The van der Waals surface area contributed by atoms with Gasteiger partial charge in [0.25, 0.3) is 0 Å². The van der Waals surface area contributed by atoms with Crippen LogP contribution in [-0.2, 0) is 90.0 Å². The minimum absolute atomic E-state index is 0.0253. The van der Waals surface area contributed by atoms with Gasteiger partial charge in [-0.15, -0.1) is 0 Å². The van der Waals surface area contributed by atoms with Crippen molar-refractivity contribution in [2.75, 3.05) is 79.4 Å². The lowest BCUT2D eigenvalue weighted by Gasteiger charge is -2.46. The molecule has 0 radical (unpaired) electrons. The Hall–Kier alpha value is -2.12. The highest BCUT2D eigenvalue weighted by molar-refractivity contribution is 5.07. The van der Waals surface area contributed by atoms with E-state index >= 15 is 0 Å². The fourth-order valence-corrected chi connectivity index (χ4v) is 18.8. The second-order valence-electron chi connectivity index (χ2n) is 36.3. The van der Waals surface area contributed by atoms with Gasteiger partial charge in [-0.2, -0.15) is 0 Å². The zero-order valence-electron chi connectivity index (χ0n) is 73.4. The van der Waals surface area contributed by atoms with Crippen LogP contribution in [0, 0.1) is 0 Å². The fraction of sp³-hybridized carbons (Fsp3) is 1.00. The number of aliphatic hydroxyl groups is 16. The first-order chi connectivity index (χ1) is 61.8. The predicted molar refractivity (Wildman–Crippen MR) is 445 cm³/mol. The fourth-order valence-electron chi connectivity index (χ4n) is 18.8. The molecule has 10 aliphatic heterocycles. The molecule has 130 heavy (non-hydrogen) atoms. The van der Waals surface area contributed by atoms with Gasteiger partial charge >= 0.3 is 0 Å². The lowest BCUT2D eigenvalue weighted by molar-refractivity contribution is -0.291. The summed E-state index contributed by atoms with van der Waals surface area (Å²) in [4.78, 5) is 0. The molecular weight excluding hydrogens is 1740 g/mol. The zero-order valence-corrected chi connectivity index (χ0v) is 73.4. The normalized spacial score (nSPS) is 50.8. The Morgan fingerprint density at radius 3 is 0.938 bits per heavy atom. The van der Waals surface area contributed by atoms with Crippen molar-refractivity contribution in [2.24, 2.45) is 86.0 Å². The Labute approximate surface area is 752 Å². The van der Waals surface area contributed by atoms with Crippen molar-refractivity contribution < 1.29 is 172 Å². The van der Waals surface area contributed by atoms with Crippen LogP contribution in [0.2, 0.25) is 0 Å². The number of rotatable bonds is 31. The van der Waals surface area contributed by atoms with E-state index in [1.807, 2.05) is 20.9 Å². The molecule has 0 aromatic carbocycles. The molecule has 0 amide bonds. The molecule has 53 nitrogen and oxygen atoms in total. The van der Waals surface area contributed by atoms with Crippen molar-refractivity contribution in [3.05, 3.63) is 0 Å². The first-order valence-electron chi connectivity index (χ1n) is 45.1. The first-order valence-corrected chi connectivity index (χ1v) is 45.1. The smallest absolute Gasteiger partial charge is 0.187 e. The number of morpholine rings is 1. The van der Waals surface area contributed by atoms with Crippen LogP contribution in [0.1, 0.15) is 71.6 Å². The van der Waals surface area contributed by atoms with Gasteiger partial charge in [-0.05, 0) is 78.7 Å². The summed E-state index contributed by atoms with van der Waals surface area (Å²) in [7, 11) is 1.83. The average molecular weight is 1890 g/mol. The van der Waals surface area contributed by atoms with Crippen LogP contribution in [0.25, 0.3) is 0 Å². The van der Waals surface area contributed by atoms with Gasteiger partial charge < -0.3 is 274 Å². The average Bonchev–Trinajstić information content (AvgIpc) is 1.70. The molecule has 0 aromatic rings.